The fourth-order valence-electron chi connectivity index (χ4n) is 5.03. The van der Waals surface area contributed by atoms with Crippen molar-refractivity contribution >= 4 is 5.91 Å². The van der Waals surface area contributed by atoms with Gasteiger partial charge in [-0.25, -0.2) is 4.39 Å². The molecule has 0 radical (unpaired) electrons. The number of primary amides is 1. The molecule has 0 unspecified atom stereocenters. The summed E-state index contributed by atoms with van der Waals surface area (Å²) in [5.74, 6) is 0.179. The van der Waals surface area contributed by atoms with E-state index >= 15 is 0 Å². The molecule has 2 bridgehead atoms. The molecule has 2 heterocycles. The Bertz CT molecular complexity index is 937. The molecule has 2 aliphatic rings. The van der Waals surface area contributed by atoms with Gasteiger partial charge < -0.3 is 20.3 Å². The first-order chi connectivity index (χ1) is 14.9. The molecule has 0 aromatic heterocycles. The Morgan fingerprint density at radius 3 is 2.52 bits per heavy atom. The molecule has 166 valence electrons. The van der Waals surface area contributed by atoms with Gasteiger partial charge in [-0.3, -0.25) is 9.69 Å². The number of fused-ring (bicyclic) bond motifs is 2. The van der Waals surface area contributed by atoms with Crippen LogP contribution in [0, 0.1) is 5.82 Å². The quantitative estimate of drug-likeness (QED) is 0.675. The number of amides is 1. The average molecular weight is 429 g/mol. The summed E-state index contributed by atoms with van der Waals surface area (Å²) in [6.45, 7) is 2.86. The molecule has 6 nitrogen and oxygen atoms in total. The van der Waals surface area contributed by atoms with Crippen LogP contribution >= 0.6 is 0 Å². The van der Waals surface area contributed by atoms with Crippen LogP contribution < -0.4 is 15.2 Å². The zero-order chi connectivity index (χ0) is 22.0. The van der Waals surface area contributed by atoms with E-state index in [9.17, 15) is 14.3 Å². The van der Waals surface area contributed by atoms with E-state index in [-0.39, 0.29) is 24.5 Å². The number of benzene rings is 2. The minimum Gasteiger partial charge on any atom is -0.490 e. The van der Waals surface area contributed by atoms with E-state index in [4.69, 9.17) is 15.2 Å². The van der Waals surface area contributed by atoms with Gasteiger partial charge in [0.25, 0.3) is 5.91 Å². The van der Waals surface area contributed by atoms with Crippen LogP contribution in [0.3, 0.4) is 0 Å². The Morgan fingerprint density at radius 2 is 1.87 bits per heavy atom. The number of nitrogens with two attached hydrogens (primary N) is 1. The van der Waals surface area contributed by atoms with Gasteiger partial charge in [0.2, 0.25) is 0 Å². The summed E-state index contributed by atoms with van der Waals surface area (Å²) in [5.41, 5.74) is 5.51. The Morgan fingerprint density at radius 1 is 1.16 bits per heavy atom. The van der Waals surface area contributed by atoms with E-state index in [2.05, 4.69) is 4.90 Å². The van der Waals surface area contributed by atoms with E-state index in [0.717, 1.165) is 18.4 Å². The molecular formula is C24H29FN2O4. The van der Waals surface area contributed by atoms with Crippen molar-refractivity contribution in [2.45, 2.75) is 56.8 Å². The minimum absolute atomic E-state index is 0.185. The summed E-state index contributed by atoms with van der Waals surface area (Å²) in [4.78, 5) is 13.4. The highest BCUT2D eigenvalue weighted by atomic mass is 19.1. The zero-order valence-corrected chi connectivity index (χ0v) is 17.7. The van der Waals surface area contributed by atoms with Crippen LogP contribution in [0.25, 0.3) is 0 Å². The minimum atomic E-state index is -1.13. The van der Waals surface area contributed by atoms with Crippen molar-refractivity contribution in [3.63, 3.8) is 0 Å². The van der Waals surface area contributed by atoms with Gasteiger partial charge in [-0.05, 0) is 56.4 Å². The van der Waals surface area contributed by atoms with Crippen molar-refractivity contribution in [2.24, 2.45) is 5.73 Å². The first-order valence-electron chi connectivity index (χ1n) is 10.8. The first kappa shape index (κ1) is 21.6. The molecule has 0 aliphatic carbocycles. The number of hydrogen-bond donors (Lipinski definition) is 2. The van der Waals surface area contributed by atoms with E-state index in [1.165, 1.54) is 6.07 Å². The topological polar surface area (TPSA) is 85.0 Å². The van der Waals surface area contributed by atoms with E-state index in [1.54, 1.807) is 24.3 Å². The van der Waals surface area contributed by atoms with Crippen LogP contribution in [0.1, 0.15) is 43.7 Å². The third-order valence-electron chi connectivity index (χ3n) is 6.34. The summed E-state index contributed by atoms with van der Waals surface area (Å²) in [6, 6.07) is 12.6. The molecule has 2 aromatic rings. The number of piperidine rings is 1. The lowest BCUT2D eigenvalue weighted by Gasteiger charge is -2.44. The summed E-state index contributed by atoms with van der Waals surface area (Å²) in [7, 11) is 0. The molecule has 2 saturated heterocycles. The Kier molecular flexibility index (Phi) is 6.16. The third kappa shape index (κ3) is 4.52. The molecule has 2 aliphatic heterocycles. The van der Waals surface area contributed by atoms with Gasteiger partial charge in [0, 0.05) is 24.2 Å². The third-order valence-corrected chi connectivity index (χ3v) is 6.34. The fourth-order valence-corrected chi connectivity index (χ4v) is 5.03. The molecule has 2 aromatic carbocycles. The average Bonchev–Trinajstić information content (AvgIpc) is 2.97. The predicted octanol–water partition coefficient (Wildman–Crippen LogP) is 3.10. The second-order valence-electron chi connectivity index (χ2n) is 8.45. The lowest BCUT2D eigenvalue weighted by molar-refractivity contribution is -0.119. The van der Waals surface area contributed by atoms with Crippen molar-refractivity contribution in [1.29, 1.82) is 0 Å². The highest BCUT2D eigenvalue weighted by Gasteiger charge is 2.48. The molecule has 7 heteroatoms. The number of nitrogens with zero attached hydrogens (tertiary/aromatic N) is 1. The van der Waals surface area contributed by atoms with Crippen LogP contribution in [-0.2, 0) is 16.9 Å². The Balaban J connectivity index is 1.50. The SMILES string of the molecule is CCOc1cc(CN2[C@@H]3CC[C@@H]2CC(O)(c2ccccc2F)C3)ccc1OCC(N)=O. The molecule has 2 fully saturated rings. The molecule has 4 rings (SSSR count). The second kappa shape index (κ2) is 8.85. The van der Waals surface area contributed by atoms with Crippen LogP contribution in [0.5, 0.6) is 11.5 Å². The molecular weight excluding hydrogens is 399 g/mol. The van der Waals surface area contributed by atoms with Gasteiger partial charge in [-0.2, -0.15) is 0 Å². The lowest BCUT2D eigenvalue weighted by Crippen LogP contribution is -2.49. The zero-order valence-electron chi connectivity index (χ0n) is 17.7. The van der Waals surface area contributed by atoms with Crippen molar-refractivity contribution in [3.8, 4) is 11.5 Å². The summed E-state index contributed by atoms with van der Waals surface area (Å²) < 4.78 is 25.5. The number of carbonyl (C=O) groups is 1. The maximum atomic E-state index is 14.4. The molecule has 0 saturated carbocycles. The smallest absolute Gasteiger partial charge is 0.255 e. The molecule has 2 atom stereocenters. The molecule has 3 N–H and O–H groups in total. The van der Waals surface area contributed by atoms with Crippen molar-refractivity contribution in [3.05, 3.63) is 59.4 Å². The standard InChI is InChI=1S/C24H29FN2O4/c1-2-30-22-11-16(7-10-21(22)31-15-23(26)28)14-27-17-8-9-18(27)13-24(29,12-17)19-5-3-4-6-20(19)25/h3-7,10-11,17-18,29H,2,8-9,12-15H2,1H3,(H2,26,28)/t17-,18-/m1/s1. The van der Waals surface area contributed by atoms with Gasteiger partial charge in [-0.15, -0.1) is 0 Å². The largest absolute Gasteiger partial charge is 0.490 e. The van der Waals surface area contributed by atoms with Crippen molar-refractivity contribution in [2.75, 3.05) is 13.2 Å². The monoisotopic (exact) mass is 428 g/mol. The van der Waals surface area contributed by atoms with Crippen LogP contribution in [0.15, 0.2) is 42.5 Å². The van der Waals surface area contributed by atoms with Gasteiger partial charge in [0.15, 0.2) is 18.1 Å². The number of carbonyl (C=O) groups excluding carboxylic acids is 1. The van der Waals surface area contributed by atoms with E-state index < -0.39 is 11.5 Å². The van der Waals surface area contributed by atoms with Crippen LogP contribution in [0.2, 0.25) is 0 Å². The Hall–Kier alpha value is -2.64. The Labute approximate surface area is 181 Å². The summed E-state index contributed by atoms with van der Waals surface area (Å²) >= 11 is 0. The van der Waals surface area contributed by atoms with Crippen molar-refractivity contribution < 1.29 is 23.8 Å². The fraction of sp³-hybridized carbons (Fsp3) is 0.458. The summed E-state index contributed by atoms with van der Waals surface area (Å²) in [5, 5.41) is 11.3. The number of aliphatic hydroxyl groups is 1. The van der Waals surface area contributed by atoms with Crippen LogP contribution in [0.4, 0.5) is 4.39 Å². The highest BCUT2D eigenvalue weighted by molar-refractivity contribution is 5.75. The van der Waals surface area contributed by atoms with Crippen LogP contribution in [-0.4, -0.2) is 41.2 Å². The number of ether oxygens (including phenoxy) is 2. The van der Waals surface area contributed by atoms with E-state index in [1.807, 2.05) is 19.1 Å². The van der Waals surface area contributed by atoms with E-state index in [0.29, 0.717) is 43.1 Å². The van der Waals surface area contributed by atoms with Crippen molar-refractivity contribution in [1.82, 2.24) is 4.90 Å². The normalized spacial score (nSPS) is 25.4. The van der Waals surface area contributed by atoms with Gasteiger partial charge in [-0.1, -0.05) is 24.3 Å². The molecule has 1 amide bonds. The number of hydrogen-bond acceptors (Lipinski definition) is 5. The molecule has 0 spiro atoms. The first-order valence-corrected chi connectivity index (χ1v) is 10.8. The van der Waals surface area contributed by atoms with Gasteiger partial charge in [0.1, 0.15) is 5.82 Å². The van der Waals surface area contributed by atoms with Gasteiger partial charge in [0.05, 0.1) is 12.2 Å². The molecule has 31 heavy (non-hydrogen) atoms. The predicted molar refractivity (Wildman–Crippen MR) is 114 cm³/mol. The lowest BCUT2D eigenvalue weighted by atomic mass is 9.80. The maximum Gasteiger partial charge on any atom is 0.255 e. The van der Waals surface area contributed by atoms with Gasteiger partial charge >= 0.3 is 0 Å². The number of halogens is 1. The summed E-state index contributed by atoms with van der Waals surface area (Å²) in [6.07, 6.45) is 3.00. The second-order valence-corrected chi connectivity index (χ2v) is 8.45. The number of rotatable bonds is 8. The maximum absolute atomic E-state index is 14.4. The highest BCUT2D eigenvalue weighted by Crippen LogP contribution is 2.47.